The summed E-state index contributed by atoms with van der Waals surface area (Å²) in [7, 11) is 0. The first kappa shape index (κ1) is 15.2. The van der Waals surface area contributed by atoms with Gasteiger partial charge in [0.2, 0.25) is 11.7 Å². The van der Waals surface area contributed by atoms with Crippen molar-refractivity contribution in [3.05, 3.63) is 51.0 Å². The summed E-state index contributed by atoms with van der Waals surface area (Å²) < 4.78 is 65.6. The minimum Gasteiger partial charge on any atom is -0.375 e. The van der Waals surface area contributed by atoms with Gasteiger partial charge >= 0.3 is 0 Å². The maximum Gasteiger partial charge on any atom is 0.249 e. The van der Waals surface area contributed by atoms with Gasteiger partial charge in [0.25, 0.3) is 0 Å². The molecular weight excluding hydrogens is 315 g/mol. The van der Waals surface area contributed by atoms with Crippen LogP contribution in [-0.4, -0.2) is 5.91 Å². The van der Waals surface area contributed by atoms with Crippen molar-refractivity contribution in [3.63, 3.8) is 0 Å². The van der Waals surface area contributed by atoms with Crippen LogP contribution in [0.5, 0.6) is 0 Å². The molecule has 112 valence electrons. The summed E-state index contributed by atoms with van der Waals surface area (Å²) in [4.78, 5) is 11.3. The predicted molar refractivity (Wildman–Crippen MR) is 66.4 cm³/mol. The molecule has 3 nitrogen and oxygen atoms in total. The largest absolute Gasteiger partial charge is 0.375 e. The van der Waals surface area contributed by atoms with Gasteiger partial charge < -0.3 is 11.1 Å². The number of nitrogens with one attached hydrogen (secondary N) is 1. The standard InChI is InChI=1S/C12H7F5N2OS/c13-6-7(14)9(16)11(10(17)8(6)15)19-2-5-1-4(3-21-5)12(18)20/h1,3,19H,2H2,(H2,18,20). The molecule has 0 aliphatic carbocycles. The lowest BCUT2D eigenvalue weighted by molar-refractivity contribution is 0.100. The SMILES string of the molecule is NC(=O)c1csc(CNc2c(F)c(F)c(F)c(F)c2F)c1. The van der Waals surface area contributed by atoms with E-state index in [4.69, 9.17) is 5.73 Å². The van der Waals surface area contributed by atoms with Gasteiger partial charge in [-0.05, 0) is 6.07 Å². The van der Waals surface area contributed by atoms with Gasteiger partial charge in [-0.25, -0.2) is 22.0 Å². The van der Waals surface area contributed by atoms with Gasteiger partial charge in [0.1, 0.15) is 5.69 Å². The fraction of sp³-hybridized carbons (Fsp3) is 0.0833. The van der Waals surface area contributed by atoms with E-state index in [1.165, 1.54) is 11.4 Å². The van der Waals surface area contributed by atoms with Crippen LogP contribution in [0, 0.1) is 29.1 Å². The van der Waals surface area contributed by atoms with Crippen LogP contribution in [0.25, 0.3) is 0 Å². The van der Waals surface area contributed by atoms with Crippen LogP contribution in [0.1, 0.15) is 15.2 Å². The lowest BCUT2D eigenvalue weighted by atomic mass is 10.2. The lowest BCUT2D eigenvalue weighted by Crippen LogP contribution is -2.10. The Morgan fingerprint density at radius 1 is 1.05 bits per heavy atom. The lowest BCUT2D eigenvalue weighted by Gasteiger charge is -2.09. The average Bonchev–Trinajstić information content (AvgIpc) is 2.92. The number of halogens is 5. The highest BCUT2D eigenvalue weighted by molar-refractivity contribution is 7.10. The first-order valence-corrected chi connectivity index (χ1v) is 6.33. The maximum absolute atomic E-state index is 13.4. The third-order valence-corrected chi connectivity index (χ3v) is 3.52. The predicted octanol–water partition coefficient (Wildman–Crippen LogP) is 3.15. The second-order valence-corrected chi connectivity index (χ2v) is 4.96. The van der Waals surface area contributed by atoms with Crippen molar-refractivity contribution in [3.8, 4) is 0 Å². The number of rotatable bonds is 4. The van der Waals surface area contributed by atoms with E-state index in [1.807, 2.05) is 0 Å². The van der Waals surface area contributed by atoms with Gasteiger partial charge in [0.15, 0.2) is 23.3 Å². The van der Waals surface area contributed by atoms with Gasteiger partial charge in [0, 0.05) is 16.8 Å². The van der Waals surface area contributed by atoms with E-state index in [1.54, 1.807) is 0 Å². The minimum absolute atomic E-state index is 0.189. The molecule has 0 saturated carbocycles. The molecule has 1 amide bonds. The van der Waals surface area contributed by atoms with Crippen molar-refractivity contribution in [2.45, 2.75) is 6.54 Å². The van der Waals surface area contributed by atoms with E-state index in [-0.39, 0.29) is 12.1 Å². The molecule has 1 aromatic heterocycles. The van der Waals surface area contributed by atoms with Crippen LogP contribution < -0.4 is 11.1 Å². The summed E-state index contributed by atoms with van der Waals surface area (Å²) in [6.45, 7) is -0.226. The second-order valence-electron chi connectivity index (χ2n) is 3.96. The van der Waals surface area contributed by atoms with E-state index in [0.717, 1.165) is 11.3 Å². The Kier molecular flexibility index (Phi) is 4.12. The number of hydrogen-bond acceptors (Lipinski definition) is 3. The highest BCUT2D eigenvalue weighted by Crippen LogP contribution is 2.28. The van der Waals surface area contributed by atoms with Crippen LogP contribution >= 0.6 is 11.3 Å². The molecule has 0 saturated heterocycles. The molecule has 0 aliphatic rings. The van der Waals surface area contributed by atoms with Crippen LogP contribution in [0.3, 0.4) is 0 Å². The van der Waals surface area contributed by atoms with E-state index in [0.29, 0.717) is 4.88 Å². The smallest absolute Gasteiger partial charge is 0.249 e. The van der Waals surface area contributed by atoms with E-state index < -0.39 is 40.7 Å². The maximum atomic E-state index is 13.4. The summed E-state index contributed by atoms with van der Waals surface area (Å²) in [5, 5.41) is 3.53. The van der Waals surface area contributed by atoms with Crippen LogP contribution in [0.15, 0.2) is 11.4 Å². The number of carbonyl (C=O) groups is 1. The number of carbonyl (C=O) groups excluding carboxylic acids is 1. The molecule has 3 N–H and O–H groups in total. The molecule has 0 radical (unpaired) electrons. The molecule has 1 heterocycles. The molecule has 0 atom stereocenters. The number of anilines is 1. The average molecular weight is 322 g/mol. The molecule has 0 spiro atoms. The molecule has 2 aromatic rings. The first-order valence-electron chi connectivity index (χ1n) is 5.45. The fourth-order valence-electron chi connectivity index (χ4n) is 1.54. The molecular formula is C12H7F5N2OS. The minimum atomic E-state index is -2.22. The zero-order valence-electron chi connectivity index (χ0n) is 10.1. The Labute approximate surface area is 119 Å². The summed E-state index contributed by atoms with van der Waals surface area (Å²) >= 11 is 1.05. The Balaban J connectivity index is 2.26. The van der Waals surface area contributed by atoms with Crippen molar-refractivity contribution in [2.75, 3.05) is 5.32 Å². The van der Waals surface area contributed by atoms with Gasteiger partial charge in [-0.15, -0.1) is 11.3 Å². The van der Waals surface area contributed by atoms with Crippen LogP contribution in [0.4, 0.5) is 27.6 Å². The number of primary amides is 1. The summed E-state index contributed by atoms with van der Waals surface area (Å²) in [5.41, 5.74) is 4.09. The topological polar surface area (TPSA) is 55.1 Å². The Morgan fingerprint density at radius 2 is 1.57 bits per heavy atom. The van der Waals surface area contributed by atoms with Gasteiger partial charge in [-0.2, -0.15) is 0 Å². The van der Waals surface area contributed by atoms with E-state index in [2.05, 4.69) is 5.32 Å². The van der Waals surface area contributed by atoms with Gasteiger partial charge in [-0.1, -0.05) is 0 Å². The summed E-state index contributed by atoms with van der Waals surface area (Å²) in [5.74, 6) is -10.9. The fourth-order valence-corrected chi connectivity index (χ4v) is 2.35. The van der Waals surface area contributed by atoms with Crippen LogP contribution in [0.2, 0.25) is 0 Å². The number of nitrogens with two attached hydrogens (primary N) is 1. The number of benzene rings is 1. The normalized spacial score (nSPS) is 10.7. The Bertz CT molecular complexity index is 687. The van der Waals surface area contributed by atoms with Crippen molar-refractivity contribution < 1.29 is 26.7 Å². The van der Waals surface area contributed by atoms with E-state index >= 15 is 0 Å². The van der Waals surface area contributed by atoms with Crippen molar-refractivity contribution in [1.29, 1.82) is 0 Å². The van der Waals surface area contributed by atoms with Crippen molar-refractivity contribution in [2.24, 2.45) is 5.73 Å². The molecule has 21 heavy (non-hydrogen) atoms. The number of hydrogen-bond donors (Lipinski definition) is 2. The summed E-state index contributed by atoms with van der Waals surface area (Å²) in [6.07, 6.45) is 0. The Morgan fingerprint density at radius 3 is 2.05 bits per heavy atom. The van der Waals surface area contributed by atoms with E-state index in [9.17, 15) is 26.7 Å². The highest BCUT2D eigenvalue weighted by Gasteiger charge is 2.25. The molecule has 0 bridgehead atoms. The van der Waals surface area contributed by atoms with Crippen molar-refractivity contribution in [1.82, 2.24) is 0 Å². The Hall–Kier alpha value is -2.16. The third-order valence-electron chi connectivity index (χ3n) is 2.59. The molecule has 0 fully saturated rings. The molecule has 0 aliphatic heterocycles. The summed E-state index contributed by atoms with van der Waals surface area (Å²) in [6, 6.07) is 1.35. The quantitative estimate of drug-likeness (QED) is 0.516. The molecule has 1 aromatic carbocycles. The second kappa shape index (κ2) is 5.68. The van der Waals surface area contributed by atoms with Gasteiger partial charge in [-0.3, -0.25) is 4.79 Å². The van der Waals surface area contributed by atoms with Crippen molar-refractivity contribution >= 4 is 22.9 Å². The van der Waals surface area contributed by atoms with Gasteiger partial charge in [0.05, 0.1) is 5.56 Å². The molecule has 2 rings (SSSR count). The molecule has 0 unspecified atom stereocenters. The number of amides is 1. The first-order chi connectivity index (χ1) is 9.82. The zero-order chi connectivity index (χ0) is 15.7. The van der Waals surface area contributed by atoms with Crippen LogP contribution in [-0.2, 0) is 6.54 Å². The highest BCUT2D eigenvalue weighted by atomic mass is 32.1. The third kappa shape index (κ3) is 2.82. The molecule has 9 heteroatoms. The number of thiophene rings is 1. The zero-order valence-corrected chi connectivity index (χ0v) is 11.0. The monoisotopic (exact) mass is 322 g/mol.